The Morgan fingerprint density at radius 2 is 1.83 bits per heavy atom. The summed E-state index contributed by atoms with van der Waals surface area (Å²) in [6, 6.07) is 11.2. The summed E-state index contributed by atoms with van der Waals surface area (Å²) in [5, 5.41) is 0.937. The van der Waals surface area contributed by atoms with E-state index in [0.29, 0.717) is 19.3 Å². The number of anilines is 1. The van der Waals surface area contributed by atoms with Crippen molar-refractivity contribution in [3.63, 3.8) is 0 Å². The lowest BCUT2D eigenvalue weighted by Crippen LogP contribution is -2.28. The van der Waals surface area contributed by atoms with Crippen LogP contribution in [0.15, 0.2) is 41.3 Å². The maximum Gasteiger partial charge on any atom is 0.270 e. The fraction of sp³-hybridized carbons (Fsp3) is 0.111. The zero-order valence-electron chi connectivity index (χ0n) is 13.0. The Morgan fingerprint density at radius 1 is 1.08 bits per heavy atom. The van der Waals surface area contributed by atoms with Gasteiger partial charge in [-0.25, -0.2) is 0 Å². The van der Waals surface area contributed by atoms with E-state index in [1.807, 2.05) is 38.1 Å². The molecular weight excluding hydrogens is 381 g/mol. The fourth-order valence-electron chi connectivity index (χ4n) is 2.49. The highest BCUT2D eigenvalue weighted by Crippen LogP contribution is 2.37. The molecule has 0 saturated carbocycles. The Balaban J connectivity index is 1.96. The van der Waals surface area contributed by atoms with E-state index in [4.69, 9.17) is 35.4 Å². The predicted molar refractivity (Wildman–Crippen MR) is 108 cm³/mol. The second kappa shape index (κ2) is 6.89. The van der Waals surface area contributed by atoms with Crippen molar-refractivity contribution < 1.29 is 4.79 Å². The molecule has 1 heterocycles. The van der Waals surface area contributed by atoms with E-state index in [-0.39, 0.29) is 5.91 Å². The van der Waals surface area contributed by atoms with Gasteiger partial charge in [0.15, 0.2) is 4.32 Å². The number of aryl methyl sites for hydroxylation is 2. The van der Waals surface area contributed by atoms with Gasteiger partial charge in [-0.2, -0.15) is 0 Å². The van der Waals surface area contributed by atoms with E-state index in [1.165, 1.54) is 11.8 Å². The highest BCUT2D eigenvalue weighted by atomic mass is 35.5. The minimum absolute atomic E-state index is 0.122. The average molecular weight is 394 g/mol. The van der Waals surface area contributed by atoms with Gasteiger partial charge in [0.1, 0.15) is 0 Å². The van der Waals surface area contributed by atoms with Crippen LogP contribution in [0.4, 0.5) is 5.69 Å². The molecular formula is C18H13Cl2NOS2. The molecule has 122 valence electrons. The minimum Gasteiger partial charge on any atom is -0.268 e. The first-order valence-corrected chi connectivity index (χ1v) is 9.15. The van der Waals surface area contributed by atoms with E-state index in [0.717, 1.165) is 22.4 Å². The molecule has 0 bridgehead atoms. The highest BCUT2D eigenvalue weighted by molar-refractivity contribution is 8.27. The van der Waals surface area contributed by atoms with E-state index >= 15 is 0 Å². The van der Waals surface area contributed by atoms with Crippen LogP contribution in [0, 0.1) is 13.8 Å². The van der Waals surface area contributed by atoms with Crippen molar-refractivity contribution in [2.45, 2.75) is 13.8 Å². The second-order valence-corrected chi connectivity index (χ2v) is 7.97. The highest BCUT2D eigenvalue weighted by Gasteiger charge is 2.34. The summed E-state index contributed by atoms with van der Waals surface area (Å²) in [5.74, 6) is -0.122. The molecule has 0 aromatic heterocycles. The number of hydrogen-bond acceptors (Lipinski definition) is 3. The van der Waals surface area contributed by atoms with Crippen molar-refractivity contribution in [2.24, 2.45) is 0 Å². The van der Waals surface area contributed by atoms with Crippen LogP contribution in [0.1, 0.15) is 16.7 Å². The quantitative estimate of drug-likeness (QED) is 0.459. The summed E-state index contributed by atoms with van der Waals surface area (Å²) in [7, 11) is 0. The summed E-state index contributed by atoms with van der Waals surface area (Å²) in [6.45, 7) is 3.99. The number of rotatable bonds is 2. The van der Waals surface area contributed by atoms with Crippen LogP contribution < -0.4 is 4.90 Å². The van der Waals surface area contributed by atoms with Gasteiger partial charge >= 0.3 is 0 Å². The van der Waals surface area contributed by atoms with Gasteiger partial charge in [0.2, 0.25) is 0 Å². The molecule has 0 spiro atoms. The third kappa shape index (κ3) is 3.38. The monoisotopic (exact) mass is 393 g/mol. The number of hydrogen-bond donors (Lipinski definition) is 0. The van der Waals surface area contributed by atoms with Crippen molar-refractivity contribution in [3.8, 4) is 0 Å². The maximum atomic E-state index is 12.8. The molecule has 0 radical (unpaired) electrons. The van der Waals surface area contributed by atoms with Crippen molar-refractivity contribution in [1.29, 1.82) is 0 Å². The number of thioether (sulfide) groups is 1. The van der Waals surface area contributed by atoms with Crippen LogP contribution in [0.5, 0.6) is 0 Å². The molecule has 0 unspecified atom stereocenters. The SMILES string of the molecule is Cc1ccc(N2C(=O)C(=Cc3ccc(Cl)c(Cl)c3)SC2=S)c(C)c1. The number of carbonyl (C=O) groups excluding carboxylic acids is 1. The van der Waals surface area contributed by atoms with Crippen molar-refractivity contribution >= 4 is 69.2 Å². The van der Waals surface area contributed by atoms with E-state index < -0.39 is 0 Å². The molecule has 0 aliphatic carbocycles. The normalized spacial score (nSPS) is 16.3. The lowest BCUT2D eigenvalue weighted by atomic mass is 10.1. The molecule has 24 heavy (non-hydrogen) atoms. The zero-order valence-corrected chi connectivity index (χ0v) is 16.1. The van der Waals surface area contributed by atoms with Crippen LogP contribution in [0.3, 0.4) is 0 Å². The van der Waals surface area contributed by atoms with Gasteiger partial charge < -0.3 is 0 Å². The molecule has 1 aliphatic heterocycles. The van der Waals surface area contributed by atoms with Crippen LogP contribution in [-0.4, -0.2) is 10.2 Å². The van der Waals surface area contributed by atoms with E-state index in [1.54, 1.807) is 23.1 Å². The summed E-state index contributed by atoms with van der Waals surface area (Å²) in [5.41, 5.74) is 3.79. The van der Waals surface area contributed by atoms with E-state index in [2.05, 4.69) is 0 Å². The minimum atomic E-state index is -0.122. The third-order valence-electron chi connectivity index (χ3n) is 3.63. The lowest BCUT2D eigenvalue weighted by molar-refractivity contribution is -0.113. The number of halogens is 2. The Kier molecular flexibility index (Phi) is 5.02. The van der Waals surface area contributed by atoms with Crippen LogP contribution in [-0.2, 0) is 4.79 Å². The number of thiocarbonyl (C=S) groups is 1. The third-order valence-corrected chi connectivity index (χ3v) is 5.67. The van der Waals surface area contributed by atoms with Crippen LogP contribution in [0.2, 0.25) is 10.0 Å². The summed E-state index contributed by atoms with van der Waals surface area (Å²) in [6.07, 6.45) is 1.78. The molecule has 3 rings (SSSR count). The largest absolute Gasteiger partial charge is 0.270 e. The maximum absolute atomic E-state index is 12.8. The molecule has 1 saturated heterocycles. The number of benzene rings is 2. The predicted octanol–water partition coefficient (Wildman–Crippen LogP) is 6.02. The van der Waals surface area contributed by atoms with Crippen molar-refractivity contribution in [2.75, 3.05) is 4.90 Å². The first-order chi connectivity index (χ1) is 11.4. The number of nitrogens with zero attached hydrogens (tertiary/aromatic N) is 1. The van der Waals surface area contributed by atoms with Gasteiger partial charge in [-0.1, -0.05) is 70.9 Å². The number of amides is 1. The topological polar surface area (TPSA) is 20.3 Å². The van der Waals surface area contributed by atoms with E-state index in [9.17, 15) is 4.79 Å². The Morgan fingerprint density at radius 3 is 2.50 bits per heavy atom. The fourth-order valence-corrected chi connectivity index (χ4v) is 4.08. The Bertz CT molecular complexity index is 893. The molecule has 0 atom stereocenters. The van der Waals surface area contributed by atoms with Crippen LogP contribution in [0.25, 0.3) is 6.08 Å². The smallest absolute Gasteiger partial charge is 0.268 e. The lowest BCUT2D eigenvalue weighted by Gasteiger charge is -2.17. The first kappa shape index (κ1) is 17.5. The molecule has 1 amide bonds. The molecule has 0 N–H and O–H groups in total. The summed E-state index contributed by atoms with van der Waals surface area (Å²) < 4.78 is 0.526. The van der Waals surface area contributed by atoms with Gasteiger partial charge in [-0.15, -0.1) is 0 Å². The molecule has 1 fully saturated rings. The van der Waals surface area contributed by atoms with Gasteiger partial charge in [0.25, 0.3) is 5.91 Å². The standard InChI is InChI=1S/C18H13Cl2NOS2/c1-10-3-6-15(11(2)7-10)21-17(22)16(24-18(21)23)9-12-4-5-13(19)14(20)8-12/h3-9H,1-2H3. The number of carbonyl (C=O) groups is 1. The van der Waals surface area contributed by atoms with Crippen LogP contribution >= 0.6 is 47.2 Å². The second-order valence-electron chi connectivity index (χ2n) is 5.48. The van der Waals surface area contributed by atoms with Gasteiger partial charge in [-0.05, 0) is 49.2 Å². The molecule has 2 aromatic carbocycles. The van der Waals surface area contributed by atoms with Crippen molar-refractivity contribution in [1.82, 2.24) is 0 Å². The Hall–Kier alpha value is -1.33. The molecule has 2 aromatic rings. The van der Waals surface area contributed by atoms with Gasteiger partial charge in [-0.3, -0.25) is 9.69 Å². The van der Waals surface area contributed by atoms with Gasteiger partial charge in [0, 0.05) is 0 Å². The Labute approximate surface area is 160 Å². The first-order valence-electron chi connectivity index (χ1n) is 7.17. The van der Waals surface area contributed by atoms with Gasteiger partial charge in [0.05, 0.1) is 20.6 Å². The zero-order chi connectivity index (χ0) is 17.4. The molecule has 1 aliphatic rings. The average Bonchev–Trinajstić information content (AvgIpc) is 2.78. The summed E-state index contributed by atoms with van der Waals surface area (Å²) >= 11 is 18.7. The summed E-state index contributed by atoms with van der Waals surface area (Å²) in [4.78, 5) is 14.9. The molecule has 2 nitrogen and oxygen atoms in total. The van der Waals surface area contributed by atoms with Crippen molar-refractivity contribution in [3.05, 3.63) is 68.0 Å². The molecule has 6 heteroatoms.